The maximum atomic E-state index is 11.8. The van der Waals surface area contributed by atoms with E-state index in [9.17, 15) is 18.0 Å². The van der Waals surface area contributed by atoms with Gasteiger partial charge >= 0.3 is 11.5 Å². The highest BCUT2D eigenvalue weighted by Crippen LogP contribution is 2.29. The Balaban J connectivity index is 2.58. The number of alkyl halides is 3. The molecule has 0 aliphatic rings. The molecule has 1 aromatic rings. The van der Waals surface area contributed by atoms with Crippen molar-refractivity contribution in [1.29, 1.82) is 0 Å². The molecule has 0 saturated carbocycles. The number of pyridine rings is 1. The van der Waals surface area contributed by atoms with Crippen molar-refractivity contribution in [2.45, 2.75) is 5.51 Å². The Morgan fingerprint density at radius 3 is 2.78 bits per heavy atom. The van der Waals surface area contributed by atoms with Crippen LogP contribution in [0.3, 0.4) is 0 Å². The van der Waals surface area contributed by atoms with Gasteiger partial charge < -0.3 is 16.2 Å². The molecule has 18 heavy (non-hydrogen) atoms. The molecule has 100 valence electrons. The first kappa shape index (κ1) is 14.4. The average Bonchev–Trinajstić information content (AvgIpc) is 2.24. The van der Waals surface area contributed by atoms with E-state index in [1.54, 1.807) is 0 Å². The van der Waals surface area contributed by atoms with E-state index in [2.05, 4.69) is 10.3 Å². The van der Waals surface area contributed by atoms with Crippen molar-refractivity contribution in [2.24, 2.45) is 0 Å². The van der Waals surface area contributed by atoms with E-state index in [1.165, 1.54) is 12.3 Å². The van der Waals surface area contributed by atoms with Crippen molar-refractivity contribution in [3.05, 3.63) is 17.8 Å². The molecule has 4 N–H and O–H groups in total. The van der Waals surface area contributed by atoms with E-state index < -0.39 is 11.5 Å². The number of hydrogen-bond acceptors (Lipinski definition) is 5. The third-order valence-electron chi connectivity index (χ3n) is 1.88. The van der Waals surface area contributed by atoms with Crippen LogP contribution in [-0.4, -0.2) is 33.9 Å². The van der Waals surface area contributed by atoms with Crippen molar-refractivity contribution >= 4 is 29.2 Å². The smallest absolute Gasteiger partial charge is 0.441 e. The number of halogens is 3. The van der Waals surface area contributed by atoms with Crippen molar-refractivity contribution in [3.63, 3.8) is 0 Å². The molecule has 0 aliphatic carbocycles. The van der Waals surface area contributed by atoms with E-state index in [1.807, 2.05) is 0 Å². The van der Waals surface area contributed by atoms with E-state index in [-0.39, 0.29) is 41.1 Å². The summed E-state index contributed by atoms with van der Waals surface area (Å²) in [5, 5.41) is 11.3. The second-order valence-corrected chi connectivity index (χ2v) is 4.31. The fraction of sp³-hybridized carbons (Fsp3) is 0.333. The standard InChI is InChI=1S/C9H10F3N3O2S/c10-9(11,12)18-4-3-15-7-6(13)5(8(16)17)1-2-14-7/h1-2H,3-4,13H2,(H,14,15)(H,16,17). The molecule has 9 heteroatoms. The van der Waals surface area contributed by atoms with Crippen LogP contribution in [0.2, 0.25) is 0 Å². The van der Waals surface area contributed by atoms with Crippen LogP contribution < -0.4 is 11.1 Å². The number of hydrogen-bond donors (Lipinski definition) is 3. The highest BCUT2D eigenvalue weighted by Gasteiger charge is 2.27. The number of nitrogen functional groups attached to an aromatic ring is 1. The van der Waals surface area contributed by atoms with Gasteiger partial charge in [-0.15, -0.1) is 0 Å². The number of rotatable bonds is 5. The molecule has 0 aromatic carbocycles. The number of thioether (sulfide) groups is 1. The number of anilines is 2. The summed E-state index contributed by atoms with van der Waals surface area (Å²) in [6, 6.07) is 1.22. The lowest BCUT2D eigenvalue weighted by Crippen LogP contribution is -2.13. The predicted molar refractivity (Wildman–Crippen MR) is 62.6 cm³/mol. The second-order valence-electron chi connectivity index (χ2n) is 3.15. The van der Waals surface area contributed by atoms with Crippen LogP contribution in [0.15, 0.2) is 12.3 Å². The molecule has 0 saturated heterocycles. The highest BCUT2D eigenvalue weighted by molar-refractivity contribution is 8.00. The molecule has 0 atom stereocenters. The molecule has 1 aromatic heterocycles. The summed E-state index contributed by atoms with van der Waals surface area (Å²) in [6.45, 7) is -0.0234. The molecule has 1 rings (SSSR count). The first-order valence-corrected chi connectivity index (χ1v) is 5.72. The predicted octanol–water partition coefficient (Wildman–Crippen LogP) is 2.03. The number of carbonyl (C=O) groups is 1. The lowest BCUT2D eigenvalue weighted by molar-refractivity contribution is -0.0327. The molecule has 0 spiro atoms. The topological polar surface area (TPSA) is 88.2 Å². The van der Waals surface area contributed by atoms with Crippen molar-refractivity contribution in [2.75, 3.05) is 23.3 Å². The molecule has 0 radical (unpaired) electrons. The Labute approximate surface area is 105 Å². The monoisotopic (exact) mass is 281 g/mol. The summed E-state index contributed by atoms with van der Waals surface area (Å²) >= 11 is -0.178. The largest absolute Gasteiger partial charge is 0.478 e. The molecular formula is C9H10F3N3O2S. The first-order valence-electron chi connectivity index (χ1n) is 4.73. The summed E-state index contributed by atoms with van der Waals surface area (Å²) in [6.07, 6.45) is 1.22. The minimum atomic E-state index is -4.29. The zero-order valence-electron chi connectivity index (χ0n) is 8.99. The fourth-order valence-electron chi connectivity index (χ4n) is 1.14. The van der Waals surface area contributed by atoms with Gasteiger partial charge in [-0.05, 0) is 17.8 Å². The van der Waals surface area contributed by atoms with Crippen LogP contribution in [0, 0.1) is 0 Å². The molecule has 0 bridgehead atoms. The number of nitrogens with zero attached hydrogens (tertiary/aromatic N) is 1. The molecule has 0 fully saturated rings. The number of carboxylic acid groups (broad SMARTS) is 1. The van der Waals surface area contributed by atoms with Crippen molar-refractivity contribution < 1.29 is 23.1 Å². The lowest BCUT2D eigenvalue weighted by Gasteiger charge is -2.10. The van der Waals surface area contributed by atoms with Gasteiger partial charge in [0, 0.05) is 18.5 Å². The van der Waals surface area contributed by atoms with Crippen molar-refractivity contribution in [3.8, 4) is 0 Å². The van der Waals surface area contributed by atoms with Crippen LogP contribution in [0.25, 0.3) is 0 Å². The third-order valence-corrected chi connectivity index (χ3v) is 2.62. The summed E-state index contributed by atoms with van der Waals surface area (Å²) in [5.74, 6) is -1.37. The normalized spacial score (nSPS) is 11.3. The van der Waals surface area contributed by atoms with Gasteiger partial charge in [-0.1, -0.05) is 0 Å². The van der Waals surface area contributed by atoms with Crippen LogP contribution in [0.5, 0.6) is 0 Å². The molecule has 0 amide bonds. The number of aromatic carboxylic acids is 1. The van der Waals surface area contributed by atoms with Crippen LogP contribution in [0.1, 0.15) is 10.4 Å². The third kappa shape index (κ3) is 4.32. The quantitative estimate of drug-likeness (QED) is 0.716. The number of nitrogens with two attached hydrogens (primary N) is 1. The highest BCUT2D eigenvalue weighted by atomic mass is 32.2. The van der Waals surface area contributed by atoms with Gasteiger partial charge in [0.2, 0.25) is 0 Å². The van der Waals surface area contributed by atoms with Gasteiger partial charge in [-0.3, -0.25) is 0 Å². The molecule has 0 unspecified atom stereocenters. The van der Waals surface area contributed by atoms with Crippen LogP contribution >= 0.6 is 11.8 Å². The molecule has 1 heterocycles. The molecule has 0 aliphatic heterocycles. The average molecular weight is 281 g/mol. The zero-order chi connectivity index (χ0) is 13.8. The maximum absolute atomic E-state index is 11.8. The number of aromatic nitrogens is 1. The van der Waals surface area contributed by atoms with Gasteiger partial charge in [0.05, 0.1) is 11.3 Å². The minimum absolute atomic E-state index is 0.0234. The van der Waals surface area contributed by atoms with E-state index in [0.29, 0.717) is 0 Å². The van der Waals surface area contributed by atoms with Crippen LogP contribution in [0.4, 0.5) is 24.7 Å². The summed E-state index contributed by atoms with van der Waals surface area (Å²) < 4.78 is 35.5. The van der Waals surface area contributed by atoms with Crippen LogP contribution in [-0.2, 0) is 0 Å². The van der Waals surface area contributed by atoms with Gasteiger partial charge in [0.1, 0.15) is 5.82 Å². The van der Waals surface area contributed by atoms with Gasteiger partial charge in [0.25, 0.3) is 0 Å². The van der Waals surface area contributed by atoms with E-state index >= 15 is 0 Å². The van der Waals surface area contributed by atoms with Gasteiger partial charge in [0.15, 0.2) is 0 Å². The number of nitrogens with one attached hydrogen (secondary N) is 1. The van der Waals surface area contributed by atoms with Gasteiger partial charge in [-0.2, -0.15) is 13.2 Å². The Kier molecular flexibility index (Phi) is 4.65. The van der Waals surface area contributed by atoms with E-state index in [4.69, 9.17) is 10.8 Å². The Hall–Kier alpha value is -1.64. The summed E-state index contributed by atoms with van der Waals surface area (Å²) in [7, 11) is 0. The Morgan fingerprint density at radius 1 is 1.56 bits per heavy atom. The molecule has 5 nitrogen and oxygen atoms in total. The van der Waals surface area contributed by atoms with Gasteiger partial charge in [-0.25, -0.2) is 9.78 Å². The Bertz CT molecular complexity index is 440. The van der Waals surface area contributed by atoms with E-state index in [0.717, 1.165) is 0 Å². The second kappa shape index (κ2) is 5.80. The lowest BCUT2D eigenvalue weighted by atomic mass is 10.2. The minimum Gasteiger partial charge on any atom is -0.478 e. The first-order chi connectivity index (χ1) is 8.31. The maximum Gasteiger partial charge on any atom is 0.441 e. The van der Waals surface area contributed by atoms with Crippen molar-refractivity contribution in [1.82, 2.24) is 4.98 Å². The molecular weight excluding hydrogens is 271 g/mol. The Morgan fingerprint density at radius 2 is 2.22 bits per heavy atom. The summed E-state index contributed by atoms with van der Waals surface area (Å²) in [4.78, 5) is 14.5. The zero-order valence-corrected chi connectivity index (χ0v) is 9.81. The fourth-order valence-corrected chi connectivity index (χ4v) is 1.57. The SMILES string of the molecule is Nc1c(C(=O)O)ccnc1NCCSC(F)(F)F. The number of carboxylic acids is 1. The summed E-state index contributed by atoms with van der Waals surface area (Å²) in [5.41, 5.74) is 0.991.